The van der Waals surface area contributed by atoms with E-state index in [0.717, 1.165) is 16.9 Å². The summed E-state index contributed by atoms with van der Waals surface area (Å²) in [4.78, 5) is 0. The Hall–Kier alpha value is -1.02. The standard InChI is InChI=1S/C11H16O2/c1-8-5-6-9(11(2,3)12)7-10(8)13-4/h5-7,12H,1-4H3. The smallest absolute Gasteiger partial charge is 0.122 e. The number of ether oxygens (including phenoxy) is 1. The third-order valence-corrected chi connectivity index (χ3v) is 2.11. The Morgan fingerprint density at radius 2 is 1.92 bits per heavy atom. The summed E-state index contributed by atoms with van der Waals surface area (Å²) in [6.07, 6.45) is 0. The summed E-state index contributed by atoms with van der Waals surface area (Å²) < 4.78 is 5.17. The Morgan fingerprint density at radius 3 is 2.38 bits per heavy atom. The van der Waals surface area contributed by atoms with Crippen molar-refractivity contribution in [2.75, 3.05) is 7.11 Å². The van der Waals surface area contributed by atoms with Gasteiger partial charge in [0.05, 0.1) is 12.7 Å². The van der Waals surface area contributed by atoms with Gasteiger partial charge in [0, 0.05) is 0 Å². The molecule has 13 heavy (non-hydrogen) atoms. The van der Waals surface area contributed by atoms with E-state index in [9.17, 15) is 5.11 Å². The lowest BCUT2D eigenvalue weighted by Gasteiger charge is -2.19. The van der Waals surface area contributed by atoms with Crippen LogP contribution < -0.4 is 4.74 Å². The van der Waals surface area contributed by atoms with Gasteiger partial charge in [-0.05, 0) is 38.0 Å². The van der Waals surface area contributed by atoms with Crippen molar-refractivity contribution in [3.05, 3.63) is 29.3 Å². The molecule has 0 saturated heterocycles. The Kier molecular flexibility index (Phi) is 2.62. The van der Waals surface area contributed by atoms with Gasteiger partial charge in [-0.1, -0.05) is 12.1 Å². The maximum Gasteiger partial charge on any atom is 0.122 e. The van der Waals surface area contributed by atoms with Crippen LogP contribution in [0, 0.1) is 6.92 Å². The predicted molar refractivity (Wildman–Crippen MR) is 53.0 cm³/mol. The van der Waals surface area contributed by atoms with Gasteiger partial charge in [0.2, 0.25) is 0 Å². The van der Waals surface area contributed by atoms with Gasteiger partial charge >= 0.3 is 0 Å². The van der Waals surface area contributed by atoms with Gasteiger partial charge in [-0.25, -0.2) is 0 Å². The summed E-state index contributed by atoms with van der Waals surface area (Å²) in [5.41, 5.74) is 1.14. The van der Waals surface area contributed by atoms with Crippen LogP contribution in [0.15, 0.2) is 18.2 Å². The van der Waals surface area contributed by atoms with Crippen molar-refractivity contribution in [3.63, 3.8) is 0 Å². The molecular weight excluding hydrogens is 164 g/mol. The van der Waals surface area contributed by atoms with Crippen molar-refractivity contribution in [2.45, 2.75) is 26.4 Å². The highest BCUT2D eigenvalue weighted by Crippen LogP contribution is 2.26. The molecule has 0 aliphatic carbocycles. The van der Waals surface area contributed by atoms with E-state index >= 15 is 0 Å². The highest BCUT2D eigenvalue weighted by molar-refractivity contribution is 5.38. The van der Waals surface area contributed by atoms with Crippen molar-refractivity contribution < 1.29 is 9.84 Å². The fourth-order valence-electron chi connectivity index (χ4n) is 1.20. The number of aryl methyl sites for hydroxylation is 1. The molecule has 1 aromatic carbocycles. The molecule has 1 rings (SSSR count). The minimum atomic E-state index is -0.805. The average Bonchev–Trinajstić information content (AvgIpc) is 2.03. The zero-order chi connectivity index (χ0) is 10.1. The number of benzene rings is 1. The van der Waals surface area contributed by atoms with Gasteiger partial charge in [-0.3, -0.25) is 0 Å². The van der Waals surface area contributed by atoms with Crippen LogP contribution in [-0.4, -0.2) is 12.2 Å². The summed E-state index contributed by atoms with van der Waals surface area (Å²) in [6.45, 7) is 5.50. The van der Waals surface area contributed by atoms with Crippen LogP contribution in [0.2, 0.25) is 0 Å². The zero-order valence-corrected chi connectivity index (χ0v) is 8.59. The molecule has 0 spiro atoms. The second-order valence-electron chi connectivity index (χ2n) is 3.74. The van der Waals surface area contributed by atoms with E-state index in [1.807, 2.05) is 25.1 Å². The molecule has 0 aliphatic rings. The fraction of sp³-hybridized carbons (Fsp3) is 0.455. The molecule has 0 radical (unpaired) electrons. The van der Waals surface area contributed by atoms with Crippen LogP contribution in [0.5, 0.6) is 5.75 Å². The summed E-state index contributed by atoms with van der Waals surface area (Å²) in [7, 11) is 1.64. The zero-order valence-electron chi connectivity index (χ0n) is 8.59. The van der Waals surface area contributed by atoms with Gasteiger partial charge in [0.15, 0.2) is 0 Å². The quantitative estimate of drug-likeness (QED) is 0.756. The van der Waals surface area contributed by atoms with Crippen LogP contribution >= 0.6 is 0 Å². The Morgan fingerprint density at radius 1 is 1.31 bits per heavy atom. The maximum atomic E-state index is 9.74. The molecule has 72 valence electrons. The molecule has 1 aromatic rings. The number of rotatable bonds is 2. The van der Waals surface area contributed by atoms with Crippen molar-refractivity contribution in [1.29, 1.82) is 0 Å². The first kappa shape index (κ1) is 10.1. The van der Waals surface area contributed by atoms with E-state index in [1.165, 1.54) is 0 Å². The lowest BCUT2D eigenvalue weighted by atomic mass is 9.97. The Balaban J connectivity index is 3.14. The van der Waals surface area contributed by atoms with E-state index in [2.05, 4.69) is 0 Å². The first-order valence-corrected chi connectivity index (χ1v) is 4.32. The van der Waals surface area contributed by atoms with Gasteiger partial charge < -0.3 is 9.84 Å². The molecule has 0 amide bonds. The predicted octanol–water partition coefficient (Wildman–Crippen LogP) is 2.23. The summed E-state index contributed by atoms with van der Waals surface area (Å²) >= 11 is 0. The van der Waals surface area contributed by atoms with Crippen LogP contribution in [0.4, 0.5) is 0 Å². The van der Waals surface area contributed by atoms with Gasteiger partial charge in [0.25, 0.3) is 0 Å². The van der Waals surface area contributed by atoms with E-state index < -0.39 is 5.60 Å². The Bertz CT molecular complexity index is 297. The SMILES string of the molecule is COc1cc(C(C)(C)O)ccc1C. The molecule has 0 aliphatic heterocycles. The van der Waals surface area contributed by atoms with Crippen molar-refractivity contribution in [2.24, 2.45) is 0 Å². The minimum Gasteiger partial charge on any atom is -0.496 e. The molecule has 0 bridgehead atoms. The highest BCUT2D eigenvalue weighted by Gasteiger charge is 2.16. The normalized spacial score (nSPS) is 11.5. The summed E-state index contributed by atoms with van der Waals surface area (Å²) in [5.74, 6) is 0.819. The topological polar surface area (TPSA) is 29.5 Å². The molecule has 2 heteroatoms. The van der Waals surface area contributed by atoms with Crippen molar-refractivity contribution in [1.82, 2.24) is 0 Å². The van der Waals surface area contributed by atoms with E-state index in [1.54, 1.807) is 21.0 Å². The van der Waals surface area contributed by atoms with E-state index in [-0.39, 0.29) is 0 Å². The number of hydrogen-bond donors (Lipinski definition) is 1. The molecular formula is C11H16O2. The lowest BCUT2D eigenvalue weighted by Crippen LogP contribution is -2.15. The first-order chi connectivity index (χ1) is 5.95. The van der Waals surface area contributed by atoms with E-state index in [4.69, 9.17) is 4.74 Å². The molecule has 0 unspecified atom stereocenters. The monoisotopic (exact) mass is 180 g/mol. The highest BCUT2D eigenvalue weighted by atomic mass is 16.5. The Labute approximate surface area is 79.2 Å². The summed E-state index contributed by atoms with van der Waals surface area (Å²) in [5, 5.41) is 9.74. The molecule has 1 N–H and O–H groups in total. The molecule has 0 heterocycles. The molecule has 2 nitrogen and oxygen atoms in total. The third kappa shape index (κ3) is 2.22. The summed E-state index contributed by atoms with van der Waals surface area (Å²) in [6, 6.07) is 5.74. The fourth-order valence-corrected chi connectivity index (χ4v) is 1.20. The van der Waals surface area contributed by atoms with Crippen molar-refractivity contribution >= 4 is 0 Å². The second kappa shape index (κ2) is 3.38. The van der Waals surface area contributed by atoms with Crippen molar-refractivity contribution in [3.8, 4) is 5.75 Å². The second-order valence-corrected chi connectivity index (χ2v) is 3.74. The number of aliphatic hydroxyl groups is 1. The average molecular weight is 180 g/mol. The van der Waals surface area contributed by atoms with Crippen LogP contribution in [0.3, 0.4) is 0 Å². The van der Waals surface area contributed by atoms with E-state index in [0.29, 0.717) is 0 Å². The number of hydrogen-bond acceptors (Lipinski definition) is 2. The largest absolute Gasteiger partial charge is 0.496 e. The first-order valence-electron chi connectivity index (χ1n) is 4.32. The molecule has 0 aromatic heterocycles. The van der Waals surface area contributed by atoms with Crippen LogP contribution in [0.1, 0.15) is 25.0 Å². The number of methoxy groups -OCH3 is 1. The van der Waals surface area contributed by atoms with Gasteiger partial charge in [-0.15, -0.1) is 0 Å². The maximum absolute atomic E-state index is 9.74. The molecule has 0 fully saturated rings. The molecule has 0 saturated carbocycles. The minimum absolute atomic E-state index is 0.805. The third-order valence-electron chi connectivity index (χ3n) is 2.11. The van der Waals surface area contributed by atoms with Crippen LogP contribution in [0.25, 0.3) is 0 Å². The lowest BCUT2D eigenvalue weighted by molar-refractivity contribution is 0.0783. The van der Waals surface area contributed by atoms with Gasteiger partial charge in [-0.2, -0.15) is 0 Å². The molecule has 0 atom stereocenters. The van der Waals surface area contributed by atoms with Crippen LogP contribution in [-0.2, 0) is 5.60 Å². The van der Waals surface area contributed by atoms with Gasteiger partial charge in [0.1, 0.15) is 5.75 Å².